The molecule has 2 aromatic heterocycles. The van der Waals surface area contributed by atoms with E-state index in [-0.39, 0.29) is 24.5 Å². The number of carbonyl (C=O) groups is 2. The summed E-state index contributed by atoms with van der Waals surface area (Å²) in [5.41, 5.74) is -0.488. The molecule has 10 heteroatoms. The van der Waals surface area contributed by atoms with E-state index in [4.69, 9.17) is 5.11 Å². The maximum Gasteiger partial charge on any atom is 0.358 e. The molecule has 0 aliphatic carbocycles. The van der Waals surface area contributed by atoms with Crippen LogP contribution in [0.25, 0.3) is 0 Å². The third kappa shape index (κ3) is 3.25. The predicted octanol–water partition coefficient (Wildman–Crippen LogP) is -1.51. The number of carbonyl (C=O) groups excluding carboxylic acids is 1. The fourth-order valence-electron chi connectivity index (χ4n) is 1.35. The summed E-state index contributed by atoms with van der Waals surface area (Å²) >= 11 is 0. The van der Waals surface area contributed by atoms with E-state index in [2.05, 4.69) is 25.8 Å². The predicted molar refractivity (Wildman–Crippen MR) is 64.2 cm³/mol. The highest BCUT2D eigenvalue weighted by atomic mass is 16.4. The summed E-state index contributed by atoms with van der Waals surface area (Å²) in [4.78, 5) is 33.0. The fourth-order valence-corrected chi connectivity index (χ4v) is 1.35. The van der Waals surface area contributed by atoms with Crippen molar-refractivity contribution < 1.29 is 14.7 Å². The number of carboxylic acid groups (broad SMARTS) is 1. The van der Waals surface area contributed by atoms with Crippen LogP contribution in [0, 0.1) is 0 Å². The van der Waals surface area contributed by atoms with Crippen LogP contribution in [0.5, 0.6) is 0 Å². The van der Waals surface area contributed by atoms with Crippen molar-refractivity contribution in [3.63, 3.8) is 0 Å². The molecular weight excluding hydrogens is 268 g/mol. The lowest BCUT2D eigenvalue weighted by Crippen LogP contribution is -2.29. The zero-order valence-electron chi connectivity index (χ0n) is 10.1. The first-order valence-electron chi connectivity index (χ1n) is 5.53. The highest BCUT2D eigenvalue weighted by molar-refractivity contribution is 5.91. The number of carboxylic acids is 1. The van der Waals surface area contributed by atoms with Crippen LogP contribution in [0.2, 0.25) is 0 Å². The first kappa shape index (κ1) is 13.4. The molecule has 0 saturated carbocycles. The van der Waals surface area contributed by atoms with Crippen LogP contribution in [0.1, 0.15) is 21.0 Å². The van der Waals surface area contributed by atoms with Gasteiger partial charge in [-0.05, 0) is 6.07 Å². The van der Waals surface area contributed by atoms with Crippen LogP contribution in [-0.2, 0) is 6.54 Å². The summed E-state index contributed by atoms with van der Waals surface area (Å²) in [7, 11) is 0. The number of nitrogens with one attached hydrogen (secondary N) is 2. The minimum Gasteiger partial charge on any atom is -0.476 e. The van der Waals surface area contributed by atoms with Gasteiger partial charge in [0.2, 0.25) is 0 Å². The number of rotatable bonds is 5. The number of hydrogen-bond acceptors (Lipinski definition) is 6. The van der Waals surface area contributed by atoms with Crippen molar-refractivity contribution in [2.75, 3.05) is 6.54 Å². The molecule has 0 radical (unpaired) electrons. The first-order valence-corrected chi connectivity index (χ1v) is 5.53. The van der Waals surface area contributed by atoms with Crippen LogP contribution in [0.3, 0.4) is 0 Å². The summed E-state index contributed by atoms with van der Waals surface area (Å²) in [6.07, 6.45) is 1.26. The fraction of sp³-hybridized carbons (Fsp3) is 0.200. The van der Waals surface area contributed by atoms with Crippen LogP contribution >= 0.6 is 0 Å². The van der Waals surface area contributed by atoms with Gasteiger partial charge < -0.3 is 10.4 Å². The molecule has 1 amide bonds. The van der Waals surface area contributed by atoms with Crippen molar-refractivity contribution in [1.82, 2.24) is 30.5 Å². The molecule has 0 aromatic carbocycles. The quantitative estimate of drug-likeness (QED) is 0.603. The average molecular weight is 278 g/mol. The second-order valence-electron chi connectivity index (χ2n) is 3.73. The Labute approximate surface area is 111 Å². The van der Waals surface area contributed by atoms with Crippen molar-refractivity contribution in [2.45, 2.75) is 6.54 Å². The molecule has 0 fully saturated rings. The van der Waals surface area contributed by atoms with Gasteiger partial charge in [0, 0.05) is 12.6 Å². The Kier molecular flexibility index (Phi) is 3.84. The van der Waals surface area contributed by atoms with Crippen LogP contribution in [0.15, 0.2) is 23.1 Å². The summed E-state index contributed by atoms with van der Waals surface area (Å²) < 4.78 is 1.30. The minimum atomic E-state index is -1.17. The zero-order valence-corrected chi connectivity index (χ0v) is 10.1. The van der Waals surface area contributed by atoms with Crippen molar-refractivity contribution in [2.24, 2.45) is 0 Å². The monoisotopic (exact) mass is 278 g/mol. The molecular formula is C10H10N6O4. The molecule has 0 saturated heterocycles. The maximum absolute atomic E-state index is 11.6. The Morgan fingerprint density at radius 2 is 2.15 bits per heavy atom. The van der Waals surface area contributed by atoms with Gasteiger partial charge in [-0.3, -0.25) is 9.59 Å². The van der Waals surface area contributed by atoms with Crippen molar-refractivity contribution in [3.8, 4) is 0 Å². The molecule has 104 valence electrons. The Hall–Kier alpha value is -3.04. The molecule has 2 rings (SSSR count). The first-order chi connectivity index (χ1) is 9.56. The second kappa shape index (κ2) is 5.73. The SMILES string of the molecule is O=C(O)c1cn(CCNC(=O)c2ccc(=O)[nH]n2)nn1. The van der Waals surface area contributed by atoms with Crippen molar-refractivity contribution >= 4 is 11.9 Å². The number of aromatic nitrogens is 5. The average Bonchev–Trinajstić information content (AvgIpc) is 2.88. The normalized spacial score (nSPS) is 10.2. The highest BCUT2D eigenvalue weighted by Gasteiger charge is 2.09. The lowest BCUT2D eigenvalue weighted by Gasteiger charge is -2.03. The Balaban J connectivity index is 1.86. The Morgan fingerprint density at radius 3 is 2.75 bits per heavy atom. The molecule has 0 aliphatic heterocycles. The standard InChI is InChI=1S/C10H10N6O4/c17-8-2-1-6(12-14-8)9(18)11-3-4-16-5-7(10(19)20)13-15-16/h1-2,5H,3-4H2,(H,11,18)(H,14,17)(H,19,20). The van der Waals surface area contributed by atoms with Crippen molar-refractivity contribution in [1.29, 1.82) is 0 Å². The van der Waals surface area contributed by atoms with Gasteiger partial charge in [-0.2, -0.15) is 5.10 Å². The van der Waals surface area contributed by atoms with Gasteiger partial charge in [-0.15, -0.1) is 5.10 Å². The smallest absolute Gasteiger partial charge is 0.358 e. The lowest BCUT2D eigenvalue weighted by molar-refractivity contribution is 0.0690. The Bertz CT molecular complexity index is 671. The van der Waals surface area contributed by atoms with E-state index in [9.17, 15) is 14.4 Å². The Morgan fingerprint density at radius 1 is 1.35 bits per heavy atom. The van der Waals surface area contributed by atoms with E-state index in [1.165, 1.54) is 23.0 Å². The lowest BCUT2D eigenvalue weighted by atomic mass is 10.3. The zero-order chi connectivity index (χ0) is 14.5. The second-order valence-corrected chi connectivity index (χ2v) is 3.73. The molecule has 0 bridgehead atoms. The van der Waals surface area contributed by atoms with E-state index in [0.29, 0.717) is 0 Å². The van der Waals surface area contributed by atoms with Gasteiger partial charge in [0.05, 0.1) is 12.7 Å². The van der Waals surface area contributed by atoms with Gasteiger partial charge in [-0.25, -0.2) is 14.6 Å². The number of aromatic amines is 1. The van der Waals surface area contributed by atoms with Gasteiger partial charge in [-0.1, -0.05) is 5.21 Å². The molecule has 2 aromatic rings. The number of amides is 1. The molecule has 20 heavy (non-hydrogen) atoms. The summed E-state index contributed by atoms with van der Waals surface area (Å²) in [5, 5.41) is 23.9. The number of nitrogens with zero attached hydrogens (tertiary/aromatic N) is 4. The third-order valence-electron chi connectivity index (χ3n) is 2.30. The molecule has 0 spiro atoms. The largest absolute Gasteiger partial charge is 0.476 e. The summed E-state index contributed by atoms with van der Waals surface area (Å²) in [6, 6.07) is 2.49. The summed E-state index contributed by atoms with van der Waals surface area (Å²) in [5.74, 6) is -1.63. The van der Waals surface area contributed by atoms with Crippen molar-refractivity contribution in [3.05, 3.63) is 40.1 Å². The third-order valence-corrected chi connectivity index (χ3v) is 2.30. The van der Waals surface area contributed by atoms with Gasteiger partial charge in [0.25, 0.3) is 11.5 Å². The molecule has 10 nitrogen and oxygen atoms in total. The van der Waals surface area contributed by atoms with Gasteiger partial charge in [0.15, 0.2) is 5.69 Å². The van der Waals surface area contributed by atoms with E-state index in [0.717, 1.165) is 0 Å². The van der Waals surface area contributed by atoms with Gasteiger partial charge in [0.1, 0.15) is 5.69 Å². The van der Waals surface area contributed by atoms with E-state index in [1.807, 2.05) is 0 Å². The maximum atomic E-state index is 11.6. The number of hydrogen-bond donors (Lipinski definition) is 3. The molecule has 2 heterocycles. The molecule has 0 aliphatic rings. The topological polar surface area (TPSA) is 143 Å². The van der Waals surface area contributed by atoms with Crippen LogP contribution < -0.4 is 10.9 Å². The van der Waals surface area contributed by atoms with E-state index < -0.39 is 17.4 Å². The van der Waals surface area contributed by atoms with Crippen LogP contribution in [-0.4, -0.2) is 48.7 Å². The summed E-state index contributed by atoms with van der Waals surface area (Å²) in [6.45, 7) is 0.470. The molecule has 0 atom stereocenters. The van der Waals surface area contributed by atoms with E-state index in [1.54, 1.807) is 0 Å². The molecule has 0 unspecified atom stereocenters. The highest BCUT2D eigenvalue weighted by Crippen LogP contribution is 1.92. The molecule has 3 N–H and O–H groups in total. The van der Waals surface area contributed by atoms with E-state index >= 15 is 0 Å². The van der Waals surface area contributed by atoms with Gasteiger partial charge >= 0.3 is 5.97 Å². The van der Waals surface area contributed by atoms with Crippen LogP contribution in [0.4, 0.5) is 0 Å². The minimum absolute atomic E-state index is 0.0782. The number of aromatic carboxylic acids is 1. The number of H-pyrrole nitrogens is 1.